The highest BCUT2D eigenvalue weighted by atomic mass is 32.1. The number of nitrogens with two attached hydrogens (primary N) is 1. The van der Waals surface area contributed by atoms with Crippen LogP contribution in [0.15, 0.2) is 9.80 Å². The number of oxazole rings is 1. The third-order valence-corrected chi connectivity index (χ3v) is 2.37. The van der Waals surface area contributed by atoms with E-state index in [-0.39, 0.29) is 11.6 Å². The topological polar surface area (TPSA) is 88.7 Å². The molecule has 0 spiro atoms. The Morgan fingerprint density at radius 2 is 2.36 bits per heavy atom. The standard InChI is InChI=1S/C8H6N4OS/c1-4-11-6(3-14-4)8-12-5(2-9)7(10)13-8/h3H,10H2,1H3. The molecule has 0 aromatic carbocycles. The number of hydrogen-bond acceptors (Lipinski definition) is 6. The van der Waals surface area contributed by atoms with Crippen molar-refractivity contribution in [2.45, 2.75) is 6.92 Å². The first kappa shape index (κ1) is 8.72. The summed E-state index contributed by atoms with van der Waals surface area (Å²) in [5.74, 6) is 0.330. The molecule has 0 amide bonds. The highest BCUT2D eigenvalue weighted by Gasteiger charge is 2.13. The normalized spacial score (nSPS) is 10.0. The molecular weight excluding hydrogens is 200 g/mol. The minimum absolute atomic E-state index is 0.0353. The maximum Gasteiger partial charge on any atom is 0.249 e. The summed E-state index contributed by atoms with van der Waals surface area (Å²) in [6.07, 6.45) is 0. The summed E-state index contributed by atoms with van der Waals surface area (Å²) in [6, 6.07) is 1.84. The molecular formula is C8H6N4OS. The molecule has 0 aliphatic heterocycles. The molecule has 0 bridgehead atoms. The Bertz CT molecular complexity index is 508. The lowest BCUT2D eigenvalue weighted by Crippen LogP contribution is -1.84. The van der Waals surface area contributed by atoms with Gasteiger partial charge in [-0.05, 0) is 6.92 Å². The first-order chi connectivity index (χ1) is 6.70. The number of anilines is 1. The van der Waals surface area contributed by atoms with Crippen molar-refractivity contribution in [2.75, 3.05) is 5.73 Å². The van der Waals surface area contributed by atoms with Crippen molar-refractivity contribution in [1.82, 2.24) is 9.97 Å². The molecule has 0 saturated carbocycles. The summed E-state index contributed by atoms with van der Waals surface area (Å²) in [5, 5.41) is 11.3. The molecule has 0 atom stereocenters. The van der Waals surface area contributed by atoms with E-state index in [0.717, 1.165) is 5.01 Å². The zero-order chi connectivity index (χ0) is 10.1. The summed E-state index contributed by atoms with van der Waals surface area (Å²) in [6.45, 7) is 1.88. The van der Waals surface area contributed by atoms with Gasteiger partial charge in [0.1, 0.15) is 11.8 Å². The molecule has 0 aliphatic rings. The molecule has 2 aromatic heterocycles. The lowest BCUT2D eigenvalue weighted by Gasteiger charge is -1.84. The molecule has 2 heterocycles. The number of aromatic nitrogens is 2. The van der Waals surface area contributed by atoms with E-state index in [4.69, 9.17) is 15.4 Å². The van der Waals surface area contributed by atoms with Gasteiger partial charge in [0, 0.05) is 5.38 Å². The van der Waals surface area contributed by atoms with Crippen molar-refractivity contribution in [3.8, 4) is 17.7 Å². The van der Waals surface area contributed by atoms with E-state index in [1.54, 1.807) is 0 Å². The smallest absolute Gasteiger partial charge is 0.249 e. The second kappa shape index (κ2) is 3.12. The molecule has 5 nitrogen and oxygen atoms in total. The zero-order valence-electron chi connectivity index (χ0n) is 7.31. The van der Waals surface area contributed by atoms with Gasteiger partial charge in [0.05, 0.1) is 5.01 Å². The Morgan fingerprint density at radius 3 is 2.86 bits per heavy atom. The van der Waals surface area contributed by atoms with E-state index in [9.17, 15) is 0 Å². The quantitative estimate of drug-likeness (QED) is 0.764. The SMILES string of the molecule is Cc1nc(-c2nc(C#N)c(N)o2)cs1. The lowest BCUT2D eigenvalue weighted by molar-refractivity contribution is 0.591. The second-order valence-corrected chi connectivity index (χ2v) is 3.66. The molecule has 2 aromatic rings. The van der Waals surface area contributed by atoms with Gasteiger partial charge in [-0.25, -0.2) is 4.98 Å². The van der Waals surface area contributed by atoms with E-state index in [1.807, 2.05) is 18.4 Å². The van der Waals surface area contributed by atoms with Crippen LogP contribution in [0.2, 0.25) is 0 Å². The fourth-order valence-corrected chi connectivity index (χ4v) is 1.57. The Labute approximate surface area is 83.8 Å². The van der Waals surface area contributed by atoms with Gasteiger partial charge in [0.15, 0.2) is 0 Å². The summed E-state index contributed by atoms with van der Waals surface area (Å²) in [7, 11) is 0. The average Bonchev–Trinajstić information content (AvgIpc) is 2.71. The van der Waals surface area contributed by atoms with Gasteiger partial charge >= 0.3 is 0 Å². The molecule has 14 heavy (non-hydrogen) atoms. The molecule has 0 unspecified atom stereocenters. The predicted molar refractivity (Wildman–Crippen MR) is 51.5 cm³/mol. The Morgan fingerprint density at radius 1 is 1.57 bits per heavy atom. The number of thiazole rings is 1. The third kappa shape index (κ3) is 1.34. The van der Waals surface area contributed by atoms with E-state index < -0.39 is 0 Å². The highest BCUT2D eigenvalue weighted by Crippen LogP contribution is 2.24. The number of nitriles is 1. The minimum Gasteiger partial charge on any atom is -0.418 e. The lowest BCUT2D eigenvalue weighted by atomic mass is 10.5. The van der Waals surface area contributed by atoms with Gasteiger partial charge < -0.3 is 10.2 Å². The van der Waals surface area contributed by atoms with Crippen LogP contribution >= 0.6 is 11.3 Å². The van der Waals surface area contributed by atoms with Crippen LogP contribution in [0.4, 0.5) is 5.88 Å². The molecule has 2 rings (SSSR count). The van der Waals surface area contributed by atoms with Crippen LogP contribution in [0.1, 0.15) is 10.7 Å². The van der Waals surface area contributed by atoms with Crippen molar-refractivity contribution < 1.29 is 4.42 Å². The van der Waals surface area contributed by atoms with Crippen molar-refractivity contribution >= 4 is 17.2 Å². The Balaban J connectivity index is 2.48. The number of nitrogen functional groups attached to an aromatic ring is 1. The van der Waals surface area contributed by atoms with Crippen LogP contribution in [-0.4, -0.2) is 9.97 Å². The fraction of sp³-hybridized carbons (Fsp3) is 0.125. The summed E-state index contributed by atoms with van der Waals surface area (Å²) in [4.78, 5) is 8.07. The summed E-state index contributed by atoms with van der Waals surface area (Å²) >= 11 is 1.49. The van der Waals surface area contributed by atoms with Gasteiger partial charge in [-0.2, -0.15) is 10.2 Å². The Hall–Kier alpha value is -1.87. The van der Waals surface area contributed by atoms with E-state index in [1.165, 1.54) is 11.3 Å². The highest BCUT2D eigenvalue weighted by molar-refractivity contribution is 7.09. The van der Waals surface area contributed by atoms with Gasteiger partial charge in [-0.15, -0.1) is 11.3 Å². The van der Waals surface area contributed by atoms with Gasteiger partial charge in [-0.1, -0.05) is 0 Å². The van der Waals surface area contributed by atoms with E-state index in [0.29, 0.717) is 11.6 Å². The molecule has 0 fully saturated rings. The maximum absolute atomic E-state index is 8.61. The Kier molecular flexibility index (Phi) is 1.94. The molecule has 0 saturated heterocycles. The van der Waals surface area contributed by atoms with Crippen molar-refractivity contribution in [3.05, 3.63) is 16.1 Å². The van der Waals surface area contributed by atoms with Crippen LogP contribution < -0.4 is 5.73 Å². The summed E-state index contributed by atoms with van der Waals surface area (Å²) < 4.78 is 5.09. The minimum atomic E-state index is 0.0353. The zero-order valence-corrected chi connectivity index (χ0v) is 8.13. The molecule has 0 aliphatic carbocycles. The van der Waals surface area contributed by atoms with E-state index in [2.05, 4.69) is 9.97 Å². The average molecular weight is 206 g/mol. The van der Waals surface area contributed by atoms with Crippen LogP contribution in [0.5, 0.6) is 0 Å². The molecule has 0 radical (unpaired) electrons. The monoisotopic (exact) mass is 206 g/mol. The van der Waals surface area contributed by atoms with E-state index >= 15 is 0 Å². The van der Waals surface area contributed by atoms with Crippen LogP contribution in [0.3, 0.4) is 0 Å². The third-order valence-electron chi connectivity index (χ3n) is 1.60. The maximum atomic E-state index is 8.61. The van der Waals surface area contributed by atoms with Crippen molar-refractivity contribution in [1.29, 1.82) is 5.26 Å². The summed E-state index contributed by atoms with van der Waals surface area (Å²) in [5.41, 5.74) is 6.13. The first-order valence-corrected chi connectivity index (χ1v) is 4.67. The number of rotatable bonds is 1. The van der Waals surface area contributed by atoms with Crippen LogP contribution in [0.25, 0.3) is 11.6 Å². The van der Waals surface area contributed by atoms with Crippen molar-refractivity contribution in [2.24, 2.45) is 0 Å². The number of aryl methyl sites for hydroxylation is 1. The van der Waals surface area contributed by atoms with Gasteiger partial charge in [0.25, 0.3) is 0 Å². The second-order valence-electron chi connectivity index (χ2n) is 2.60. The fourth-order valence-electron chi connectivity index (χ4n) is 0.983. The predicted octanol–water partition coefficient (Wildman–Crippen LogP) is 1.56. The van der Waals surface area contributed by atoms with Gasteiger partial charge in [-0.3, -0.25) is 0 Å². The largest absolute Gasteiger partial charge is 0.418 e. The van der Waals surface area contributed by atoms with Crippen LogP contribution in [-0.2, 0) is 0 Å². The molecule has 6 heteroatoms. The molecule has 2 N–H and O–H groups in total. The van der Waals surface area contributed by atoms with Crippen molar-refractivity contribution in [3.63, 3.8) is 0 Å². The first-order valence-electron chi connectivity index (χ1n) is 3.79. The molecule has 70 valence electrons. The van der Waals surface area contributed by atoms with Crippen LogP contribution in [0, 0.1) is 18.3 Å². The van der Waals surface area contributed by atoms with Gasteiger partial charge in [0.2, 0.25) is 17.5 Å². The number of hydrogen-bond donors (Lipinski definition) is 1. The number of nitrogens with zero attached hydrogens (tertiary/aromatic N) is 3.